The van der Waals surface area contributed by atoms with Gasteiger partial charge in [0.1, 0.15) is 0 Å². The molecule has 0 aromatic heterocycles. The van der Waals surface area contributed by atoms with E-state index in [0.717, 1.165) is 31.6 Å². The lowest BCUT2D eigenvalue weighted by atomic mass is 9.79. The van der Waals surface area contributed by atoms with Crippen molar-refractivity contribution in [2.45, 2.75) is 77.8 Å². The monoisotopic (exact) mass is 254 g/mol. The summed E-state index contributed by atoms with van der Waals surface area (Å²) in [6.45, 7) is 8.46. The first-order chi connectivity index (χ1) is 8.36. The summed E-state index contributed by atoms with van der Waals surface area (Å²) in [6.07, 6.45) is 6.45. The Morgan fingerprint density at radius 2 is 2.11 bits per heavy atom. The van der Waals surface area contributed by atoms with Gasteiger partial charge in [-0.3, -0.25) is 4.79 Å². The van der Waals surface area contributed by atoms with E-state index in [1.807, 2.05) is 6.92 Å². The van der Waals surface area contributed by atoms with Gasteiger partial charge in [0.2, 0.25) is 5.91 Å². The van der Waals surface area contributed by atoms with E-state index in [0.29, 0.717) is 12.0 Å². The molecular weight excluding hydrogens is 224 g/mol. The molecule has 0 saturated heterocycles. The third-order valence-corrected chi connectivity index (χ3v) is 4.28. The summed E-state index contributed by atoms with van der Waals surface area (Å²) in [7, 11) is 0. The largest absolute Gasteiger partial charge is 0.352 e. The average Bonchev–Trinajstić information content (AvgIpc) is 2.29. The molecule has 106 valence electrons. The second-order valence-electron chi connectivity index (χ2n) is 6.51. The number of rotatable bonds is 5. The van der Waals surface area contributed by atoms with E-state index < -0.39 is 5.54 Å². The van der Waals surface area contributed by atoms with Gasteiger partial charge in [-0.2, -0.15) is 0 Å². The third kappa shape index (κ3) is 4.27. The van der Waals surface area contributed by atoms with Crippen molar-refractivity contribution in [1.82, 2.24) is 5.32 Å². The minimum atomic E-state index is -0.709. The molecule has 3 heteroatoms. The van der Waals surface area contributed by atoms with Crippen LogP contribution in [0.25, 0.3) is 0 Å². The first-order valence-electron chi connectivity index (χ1n) is 7.46. The van der Waals surface area contributed by atoms with Gasteiger partial charge in [0.15, 0.2) is 0 Å². The van der Waals surface area contributed by atoms with E-state index in [9.17, 15) is 4.79 Å². The Balaban J connectivity index is 2.49. The van der Waals surface area contributed by atoms with Gasteiger partial charge < -0.3 is 11.1 Å². The van der Waals surface area contributed by atoms with Crippen molar-refractivity contribution < 1.29 is 4.79 Å². The summed E-state index contributed by atoms with van der Waals surface area (Å²) >= 11 is 0. The molecule has 0 aliphatic heterocycles. The normalized spacial score (nSPS) is 27.9. The Bertz CT molecular complexity index is 274. The van der Waals surface area contributed by atoms with Crippen molar-refractivity contribution in [1.29, 1.82) is 0 Å². The van der Waals surface area contributed by atoms with Crippen LogP contribution < -0.4 is 11.1 Å². The van der Waals surface area contributed by atoms with Crippen LogP contribution in [0, 0.1) is 11.8 Å². The molecular formula is C15H30N2O. The molecule has 18 heavy (non-hydrogen) atoms. The highest BCUT2D eigenvalue weighted by molar-refractivity contribution is 5.85. The molecule has 3 unspecified atom stereocenters. The molecule has 0 radical (unpaired) electrons. The highest BCUT2D eigenvalue weighted by Crippen LogP contribution is 2.30. The Labute approximate surface area is 112 Å². The smallest absolute Gasteiger partial charge is 0.240 e. The van der Waals surface area contributed by atoms with Gasteiger partial charge in [-0.1, -0.05) is 40.0 Å². The Morgan fingerprint density at radius 1 is 1.44 bits per heavy atom. The highest BCUT2D eigenvalue weighted by atomic mass is 16.2. The zero-order chi connectivity index (χ0) is 13.8. The fraction of sp³-hybridized carbons (Fsp3) is 0.933. The van der Waals surface area contributed by atoms with Crippen molar-refractivity contribution >= 4 is 5.91 Å². The standard InChI is InChI=1S/C15H30N2O/c1-5-9-15(4,16)14(18)17-13-8-6-7-12(10-13)11(2)3/h11-13H,5-10,16H2,1-4H3,(H,17,18). The first-order valence-corrected chi connectivity index (χ1v) is 7.46. The quantitative estimate of drug-likeness (QED) is 0.792. The van der Waals surface area contributed by atoms with Crippen LogP contribution in [0.3, 0.4) is 0 Å². The van der Waals surface area contributed by atoms with E-state index in [-0.39, 0.29) is 5.91 Å². The molecule has 3 N–H and O–H groups in total. The maximum Gasteiger partial charge on any atom is 0.240 e. The van der Waals surface area contributed by atoms with Crippen LogP contribution in [0.4, 0.5) is 0 Å². The fourth-order valence-corrected chi connectivity index (χ4v) is 2.95. The maximum atomic E-state index is 12.2. The summed E-state index contributed by atoms with van der Waals surface area (Å²) in [5.74, 6) is 1.49. The number of amides is 1. The first kappa shape index (κ1) is 15.5. The van der Waals surface area contributed by atoms with Crippen molar-refractivity contribution in [2.75, 3.05) is 0 Å². The number of carbonyl (C=O) groups is 1. The van der Waals surface area contributed by atoms with Crippen LogP contribution in [0.1, 0.15) is 66.2 Å². The topological polar surface area (TPSA) is 55.1 Å². The van der Waals surface area contributed by atoms with Crippen molar-refractivity contribution in [3.63, 3.8) is 0 Å². The van der Waals surface area contributed by atoms with Gasteiger partial charge in [0.25, 0.3) is 0 Å². The minimum absolute atomic E-state index is 0.0266. The molecule has 0 aromatic carbocycles. The van der Waals surface area contributed by atoms with Crippen LogP contribution in [0.5, 0.6) is 0 Å². The van der Waals surface area contributed by atoms with Crippen LogP contribution in [-0.2, 0) is 4.79 Å². The summed E-state index contributed by atoms with van der Waals surface area (Å²) in [5, 5.41) is 3.16. The highest BCUT2D eigenvalue weighted by Gasteiger charge is 2.31. The molecule has 1 fully saturated rings. The van der Waals surface area contributed by atoms with Crippen LogP contribution >= 0.6 is 0 Å². The lowest BCUT2D eigenvalue weighted by Crippen LogP contribution is -2.54. The van der Waals surface area contributed by atoms with E-state index in [4.69, 9.17) is 5.73 Å². The van der Waals surface area contributed by atoms with E-state index >= 15 is 0 Å². The minimum Gasteiger partial charge on any atom is -0.352 e. The summed E-state index contributed by atoms with van der Waals surface area (Å²) in [4.78, 5) is 12.2. The number of nitrogens with one attached hydrogen (secondary N) is 1. The number of hydrogen-bond acceptors (Lipinski definition) is 2. The van der Waals surface area contributed by atoms with Gasteiger partial charge in [-0.05, 0) is 38.0 Å². The Morgan fingerprint density at radius 3 is 2.67 bits per heavy atom. The third-order valence-electron chi connectivity index (χ3n) is 4.28. The van der Waals surface area contributed by atoms with Gasteiger partial charge in [-0.25, -0.2) is 0 Å². The van der Waals surface area contributed by atoms with Crippen molar-refractivity contribution in [2.24, 2.45) is 17.6 Å². The van der Waals surface area contributed by atoms with Gasteiger partial charge in [0.05, 0.1) is 5.54 Å². The SMILES string of the molecule is CCCC(C)(N)C(=O)NC1CCCC(C(C)C)C1. The molecule has 3 atom stereocenters. The van der Waals surface area contributed by atoms with Crippen LogP contribution in [0.2, 0.25) is 0 Å². The predicted octanol–water partition coefficient (Wildman–Crippen LogP) is 2.83. The van der Waals surface area contributed by atoms with Crippen LogP contribution in [-0.4, -0.2) is 17.5 Å². The molecule has 1 aliphatic carbocycles. The lowest BCUT2D eigenvalue weighted by molar-refractivity contribution is -0.127. The van der Waals surface area contributed by atoms with E-state index in [2.05, 4.69) is 26.1 Å². The predicted molar refractivity (Wildman–Crippen MR) is 76.2 cm³/mol. The molecule has 1 rings (SSSR count). The molecule has 1 saturated carbocycles. The molecule has 1 amide bonds. The average molecular weight is 254 g/mol. The number of carbonyl (C=O) groups excluding carboxylic acids is 1. The zero-order valence-electron chi connectivity index (χ0n) is 12.5. The van der Waals surface area contributed by atoms with Crippen LogP contribution in [0.15, 0.2) is 0 Å². The summed E-state index contributed by atoms with van der Waals surface area (Å²) in [6, 6.07) is 0.332. The Hall–Kier alpha value is -0.570. The van der Waals surface area contributed by atoms with Crippen molar-refractivity contribution in [3.8, 4) is 0 Å². The molecule has 0 spiro atoms. The zero-order valence-corrected chi connectivity index (χ0v) is 12.5. The fourth-order valence-electron chi connectivity index (χ4n) is 2.95. The summed E-state index contributed by atoms with van der Waals surface area (Å²) in [5.41, 5.74) is 5.36. The van der Waals surface area contributed by atoms with Gasteiger partial charge in [0, 0.05) is 6.04 Å². The summed E-state index contributed by atoms with van der Waals surface area (Å²) < 4.78 is 0. The number of nitrogens with two attached hydrogens (primary N) is 1. The second-order valence-corrected chi connectivity index (χ2v) is 6.51. The maximum absolute atomic E-state index is 12.2. The Kier molecular flexibility index (Phi) is 5.64. The number of hydrogen-bond donors (Lipinski definition) is 2. The lowest BCUT2D eigenvalue weighted by Gasteiger charge is -2.34. The molecule has 1 aliphatic rings. The van der Waals surface area contributed by atoms with E-state index in [1.54, 1.807) is 0 Å². The van der Waals surface area contributed by atoms with Gasteiger partial charge in [-0.15, -0.1) is 0 Å². The van der Waals surface area contributed by atoms with Crippen molar-refractivity contribution in [3.05, 3.63) is 0 Å². The molecule has 0 bridgehead atoms. The second kappa shape index (κ2) is 6.55. The molecule has 0 heterocycles. The van der Waals surface area contributed by atoms with Gasteiger partial charge >= 0.3 is 0 Å². The molecule has 0 aromatic rings. The molecule has 3 nitrogen and oxygen atoms in total. The van der Waals surface area contributed by atoms with E-state index in [1.165, 1.54) is 12.8 Å².